The summed E-state index contributed by atoms with van der Waals surface area (Å²) in [6.45, 7) is 1.76. The predicted octanol–water partition coefficient (Wildman–Crippen LogP) is 1.36. The van der Waals surface area contributed by atoms with Gasteiger partial charge in [0.05, 0.1) is 22.6 Å². The van der Waals surface area contributed by atoms with Crippen molar-refractivity contribution in [2.24, 2.45) is 0 Å². The molecule has 17 heavy (non-hydrogen) atoms. The molecule has 0 radical (unpaired) electrons. The minimum atomic E-state index is -2.80. The first-order valence-corrected chi connectivity index (χ1v) is 8.43. The molecule has 0 amide bonds. The van der Waals surface area contributed by atoms with Crippen molar-refractivity contribution in [3.63, 3.8) is 0 Å². The highest BCUT2D eigenvalue weighted by atomic mass is 32.2. The topological polar surface area (TPSA) is 67.3 Å². The highest BCUT2D eigenvalue weighted by Gasteiger charge is 2.26. The van der Waals surface area contributed by atoms with Gasteiger partial charge in [0, 0.05) is 23.4 Å². The molecule has 2 heterocycles. The molecule has 0 saturated carbocycles. The Kier molecular flexibility index (Phi) is 3.85. The summed E-state index contributed by atoms with van der Waals surface area (Å²) in [5.74, 6) is 0.845. The number of rotatable bonds is 3. The first-order valence-electron chi connectivity index (χ1n) is 5.79. The largest absolute Gasteiger partial charge is 0.393 e. The molecule has 1 saturated heterocycles. The van der Waals surface area contributed by atoms with E-state index in [1.807, 2.05) is 0 Å². The summed E-state index contributed by atoms with van der Waals surface area (Å²) in [5.41, 5.74) is 0. The van der Waals surface area contributed by atoms with Crippen LogP contribution >= 0.6 is 11.3 Å². The summed E-state index contributed by atoms with van der Waals surface area (Å²) in [7, 11) is -2.80. The van der Waals surface area contributed by atoms with Crippen LogP contribution in [-0.2, 0) is 16.3 Å². The zero-order valence-corrected chi connectivity index (χ0v) is 11.4. The van der Waals surface area contributed by atoms with Crippen LogP contribution in [0.5, 0.6) is 0 Å². The molecule has 0 aromatic carbocycles. The molecular formula is C11H17NO3S2. The van der Waals surface area contributed by atoms with E-state index in [9.17, 15) is 13.5 Å². The Hall–Kier alpha value is -0.460. The van der Waals surface area contributed by atoms with E-state index in [0.29, 0.717) is 19.3 Å². The van der Waals surface area contributed by atoms with Crippen molar-refractivity contribution < 1.29 is 13.5 Å². The van der Waals surface area contributed by atoms with Crippen molar-refractivity contribution in [3.05, 3.63) is 16.1 Å². The maximum Gasteiger partial charge on any atom is 0.150 e. The van der Waals surface area contributed by atoms with Crippen LogP contribution in [0.4, 0.5) is 0 Å². The highest BCUT2D eigenvalue weighted by molar-refractivity contribution is 7.91. The van der Waals surface area contributed by atoms with Crippen molar-refractivity contribution in [2.45, 2.75) is 38.2 Å². The van der Waals surface area contributed by atoms with Gasteiger partial charge in [0.25, 0.3) is 0 Å². The molecule has 1 aliphatic rings. The molecule has 2 rings (SSSR count). The Morgan fingerprint density at radius 2 is 2.18 bits per heavy atom. The number of hydrogen-bond donors (Lipinski definition) is 1. The van der Waals surface area contributed by atoms with E-state index in [4.69, 9.17) is 0 Å². The fraction of sp³-hybridized carbons (Fsp3) is 0.727. The van der Waals surface area contributed by atoms with E-state index in [1.165, 1.54) is 0 Å². The standard InChI is InChI=1S/C11H17NO3S2/c1-8(13)6-10-7-12-11(16-10)9-2-4-17(14,15)5-3-9/h7-9,13H,2-6H2,1H3. The van der Waals surface area contributed by atoms with Gasteiger partial charge in [0.1, 0.15) is 9.84 Å². The summed E-state index contributed by atoms with van der Waals surface area (Å²) in [4.78, 5) is 5.43. The highest BCUT2D eigenvalue weighted by Crippen LogP contribution is 2.32. The van der Waals surface area contributed by atoms with Gasteiger partial charge >= 0.3 is 0 Å². The van der Waals surface area contributed by atoms with Gasteiger partial charge in [-0.15, -0.1) is 11.3 Å². The van der Waals surface area contributed by atoms with Crippen molar-refractivity contribution in [3.8, 4) is 0 Å². The predicted molar refractivity (Wildman–Crippen MR) is 68.1 cm³/mol. The number of nitrogens with zero attached hydrogens (tertiary/aromatic N) is 1. The van der Waals surface area contributed by atoms with Crippen molar-refractivity contribution in [1.29, 1.82) is 0 Å². The number of aliphatic hydroxyl groups excluding tert-OH is 1. The van der Waals surface area contributed by atoms with Crippen molar-refractivity contribution >= 4 is 21.2 Å². The third-order valence-corrected chi connectivity index (χ3v) is 5.87. The molecule has 0 aliphatic carbocycles. The maximum absolute atomic E-state index is 11.3. The van der Waals surface area contributed by atoms with Crippen LogP contribution in [-0.4, -0.2) is 36.1 Å². The van der Waals surface area contributed by atoms with E-state index in [0.717, 1.165) is 9.88 Å². The van der Waals surface area contributed by atoms with Gasteiger partial charge in [-0.2, -0.15) is 0 Å². The summed E-state index contributed by atoms with van der Waals surface area (Å²) in [6.07, 6.45) is 3.45. The van der Waals surface area contributed by atoms with Gasteiger partial charge in [-0.1, -0.05) is 0 Å². The lowest BCUT2D eigenvalue weighted by Gasteiger charge is -2.19. The summed E-state index contributed by atoms with van der Waals surface area (Å²) >= 11 is 1.60. The summed E-state index contributed by atoms with van der Waals surface area (Å²) in [6, 6.07) is 0. The lowest BCUT2D eigenvalue weighted by molar-refractivity contribution is 0.196. The van der Waals surface area contributed by atoms with Crippen LogP contribution in [0.3, 0.4) is 0 Å². The van der Waals surface area contributed by atoms with Crippen LogP contribution in [0.25, 0.3) is 0 Å². The van der Waals surface area contributed by atoms with E-state index < -0.39 is 9.84 Å². The third-order valence-electron chi connectivity index (χ3n) is 2.97. The third kappa shape index (κ3) is 3.50. The molecule has 6 heteroatoms. The normalized spacial score (nSPS) is 22.5. The van der Waals surface area contributed by atoms with E-state index in [1.54, 1.807) is 24.5 Å². The second kappa shape index (κ2) is 5.04. The number of hydrogen-bond acceptors (Lipinski definition) is 5. The Bertz CT molecular complexity index is 465. The first-order chi connectivity index (χ1) is 7.96. The second-order valence-corrected chi connectivity index (χ2v) is 8.09. The molecule has 1 aromatic heterocycles. The molecule has 1 aromatic rings. The van der Waals surface area contributed by atoms with Crippen LogP contribution in [0.1, 0.15) is 35.6 Å². The molecule has 1 aliphatic heterocycles. The lowest BCUT2D eigenvalue weighted by atomic mass is 10.0. The van der Waals surface area contributed by atoms with Gasteiger partial charge in [0.2, 0.25) is 0 Å². The zero-order chi connectivity index (χ0) is 12.5. The average Bonchev–Trinajstić information content (AvgIpc) is 2.65. The van der Waals surface area contributed by atoms with Crippen molar-refractivity contribution in [2.75, 3.05) is 11.5 Å². The number of sulfone groups is 1. The van der Waals surface area contributed by atoms with Gasteiger partial charge in [0.15, 0.2) is 0 Å². The number of thiazole rings is 1. The smallest absolute Gasteiger partial charge is 0.150 e. The van der Waals surface area contributed by atoms with Crippen LogP contribution in [0.15, 0.2) is 6.20 Å². The fourth-order valence-corrected chi connectivity index (χ4v) is 4.73. The van der Waals surface area contributed by atoms with Gasteiger partial charge in [-0.05, 0) is 19.8 Å². The Labute approximate surface area is 106 Å². The van der Waals surface area contributed by atoms with E-state index >= 15 is 0 Å². The van der Waals surface area contributed by atoms with E-state index in [-0.39, 0.29) is 23.5 Å². The maximum atomic E-state index is 11.3. The average molecular weight is 275 g/mol. The summed E-state index contributed by atoms with van der Waals surface area (Å²) in [5, 5.41) is 10.3. The van der Waals surface area contributed by atoms with Gasteiger partial charge < -0.3 is 5.11 Å². The second-order valence-electron chi connectivity index (χ2n) is 4.64. The van der Waals surface area contributed by atoms with Crippen molar-refractivity contribution in [1.82, 2.24) is 4.98 Å². The minimum Gasteiger partial charge on any atom is -0.393 e. The number of aromatic nitrogens is 1. The molecule has 1 unspecified atom stereocenters. The fourth-order valence-electron chi connectivity index (χ4n) is 2.03. The van der Waals surface area contributed by atoms with Crippen LogP contribution < -0.4 is 0 Å². The molecule has 1 atom stereocenters. The molecule has 4 nitrogen and oxygen atoms in total. The monoisotopic (exact) mass is 275 g/mol. The van der Waals surface area contributed by atoms with Crippen LogP contribution in [0, 0.1) is 0 Å². The zero-order valence-electron chi connectivity index (χ0n) is 9.80. The first kappa shape index (κ1) is 13.0. The molecule has 1 fully saturated rings. The summed E-state index contributed by atoms with van der Waals surface area (Å²) < 4.78 is 22.7. The minimum absolute atomic E-state index is 0.281. The molecule has 96 valence electrons. The molecular weight excluding hydrogens is 258 g/mol. The van der Waals surface area contributed by atoms with E-state index in [2.05, 4.69) is 4.98 Å². The molecule has 1 N–H and O–H groups in total. The molecule has 0 bridgehead atoms. The quantitative estimate of drug-likeness (QED) is 0.904. The van der Waals surface area contributed by atoms with Gasteiger partial charge in [-0.25, -0.2) is 13.4 Å². The Morgan fingerprint density at radius 3 is 2.76 bits per heavy atom. The number of aliphatic hydroxyl groups is 1. The van der Waals surface area contributed by atoms with Crippen LogP contribution in [0.2, 0.25) is 0 Å². The van der Waals surface area contributed by atoms with Gasteiger partial charge in [-0.3, -0.25) is 0 Å². The Balaban J connectivity index is 2.01. The molecule has 0 spiro atoms. The lowest BCUT2D eigenvalue weighted by Crippen LogP contribution is -2.21. The Morgan fingerprint density at radius 1 is 1.53 bits per heavy atom. The SMILES string of the molecule is CC(O)Cc1cnc(C2CCS(=O)(=O)CC2)s1.